The van der Waals surface area contributed by atoms with Crippen molar-refractivity contribution >= 4 is 17.5 Å². The molecule has 2 nitrogen and oxygen atoms in total. The Balaban J connectivity index is 1.70. The first-order chi connectivity index (χ1) is 10.8. The van der Waals surface area contributed by atoms with Crippen molar-refractivity contribution < 1.29 is 9.53 Å². The average Bonchev–Trinajstić information content (AvgIpc) is 2.59. The molecule has 3 heteroatoms. The van der Waals surface area contributed by atoms with E-state index in [-0.39, 0.29) is 5.78 Å². The van der Waals surface area contributed by atoms with Gasteiger partial charge in [-0.1, -0.05) is 54.2 Å². The molecule has 0 N–H and O–H groups in total. The van der Waals surface area contributed by atoms with E-state index < -0.39 is 0 Å². The number of benzene rings is 3. The summed E-state index contributed by atoms with van der Waals surface area (Å²) in [6.07, 6.45) is 0. The molecule has 106 valence electrons. The summed E-state index contributed by atoms with van der Waals surface area (Å²) in [7, 11) is 0. The van der Waals surface area contributed by atoms with Crippen molar-refractivity contribution in [2.24, 2.45) is 0 Å². The van der Waals surface area contributed by atoms with E-state index in [1.54, 1.807) is 11.8 Å². The Morgan fingerprint density at radius 3 is 2.32 bits per heavy atom. The van der Waals surface area contributed by atoms with Gasteiger partial charge in [0.1, 0.15) is 11.5 Å². The van der Waals surface area contributed by atoms with Crippen molar-refractivity contribution in [1.29, 1.82) is 0 Å². The van der Waals surface area contributed by atoms with Gasteiger partial charge in [0.15, 0.2) is 5.78 Å². The number of fused-ring (bicyclic) bond motifs is 2. The fraction of sp³-hybridized carbons (Fsp3) is 0. The molecule has 1 aliphatic heterocycles. The van der Waals surface area contributed by atoms with Crippen LogP contribution in [0, 0.1) is 0 Å². The Labute approximate surface area is 132 Å². The zero-order valence-corrected chi connectivity index (χ0v) is 12.5. The van der Waals surface area contributed by atoms with Gasteiger partial charge in [0, 0.05) is 11.1 Å². The van der Waals surface area contributed by atoms with Gasteiger partial charge in [-0.2, -0.15) is 0 Å². The van der Waals surface area contributed by atoms with Gasteiger partial charge in [0.25, 0.3) is 0 Å². The number of carbonyl (C=O) groups excluding carboxylic acids is 1. The number of para-hydroxylation sites is 1. The van der Waals surface area contributed by atoms with Crippen LogP contribution < -0.4 is 4.74 Å². The predicted molar refractivity (Wildman–Crippen MR) is 87.0 cm³/mol. The van der Waals surface area contributed by atoms with E-state index in [2.05, 4.69) is 0 Å². The second-order valence-corrected chi connectivity index (χ2v) is 6.09. The minimum absolute atomic E-state index is 0.0101. The van der Waals surface area contributed by atoms with Gasteiger partial charge in [0.2, 0.25) is 0 Å². The van der Waals surface area contributed by atoms with Crippen LogP contribution in [0.1, 0.15) is 15.9 Å². The largest absolute Gasteiger partial charge is 0.455 e. The monoisotopic (exact) mass is 304 g/mol. The summed E-state index contributed by atoms with van der Waals surface area (Å²) in [4.78, 5) is 14.6. The minimum Gasteiger partial charge on any atom is -0.455 e. The zero-order valence-electron chi connectivity index (χ0n) is 11.7. The summed E-state index contributed by atoms with van der Waals surface area (Å²) in [5, 5.41) is 0. The third-order valence-electron chi connectivity index (χ3n) is 3.53. The first-order valence-electron chi connectivity index (χ1n) is 7.00. The highest BCUT2D eigenvalue weighted by Gasteiger charge is 2.19. The van der Waals surface area contributed by atoms with E-state index in [1.807, 2.05) is 72.8 Å². The van der Waals surface area contributed by atoms with Crippen LogP contribution in [0.4, 0.5) is 0 Å². The van der Waals surface area contributed by atoms with Crippen molar-refractivity contribution in [3.63, 3.8) is 0 Å². The number of ether oxygens (including phenoxy) is 1. The number of hydrogen-bond acceptors (Lipinski definition) is 3. The molecule has 0 aromatic heterocycles. The lowest BCUT2D eigenvalue weighted by atomic mass is 10.0. The standard InChI is InChI=1S/C19H12O2S/c20-19(13-6-2-1-3-7-13)14-10-11-18-16(12-14)21-15-8-4-5-9-17(15)22-18/h1-12H. The lowest BCUT2D eigenvalue weighted by Crippen LogP contribution is -2.03. The van der Waals surface area contributed by atoms with Crippen LogP contribution in [0.3, 0.4) is 0 Å². The number of ketones is 1. The fourth-order valence-corrected chi connectivity index (χ4v) is 3.36. The molecule has 22 heavy (non-hydrogen) atoms. The minimum atomic E-state index is 0.0101. The molecular weight excluding hydrogens is 292 g/mol. The third-order valence-corrected chi connectivity index (χ3v) is 4.65. The maximum atomic E-state index is 12.5. The molecule has 0 fully saturated rings. The third kappa shape index (κ3) is 2.30. The van der Waals surface area contributed by atoms with Crippen molar-refractivity contribution in [2.45, 2.75) is 9.79 Å². The van der Waals surface area contributed by atoms with Crippen LogP contribution >= 0.6 is 11.8 Å². The van der Waals surface area contributed by atoms with Gasteiger partial charge in [-0.05, 0) is 30.3 Å². The van der Waals surface area contributed by atoms with Crippen molar-refractivity contribution in [3.05, 3.63) is 83.9 Å². The molecule has 0 saturated heterocycles. The molecule has 1 aliphatic rings. The highest BCUT2D eigenvalue weighted by atomic mass is 32.2. The maximum Gasteiger partial charge on any atom is 0.193 e. The molecule has 0 saturated carbocycles. The molecule has 0 bridgehead atoms. The van der Waals surface area contributed by atoms with Crippen LogP contribution in [0.5, 0.6) is 11.5 Å². The van der Waals surface area contributed by atoms with E-state index >= 15 is 0 Å². The van der Waals surface area contributed by atoms with Crippen LogP contribution in [0.15, 0.2) is 82.6 Å². The van der Waals surface area contributed by atoms with E-state index in [1.165, 1.54) is 0 Å². The highest BCUT2D eigenvalue weighted by Crippen LogP contribution is 2.47. The normalized spacial score (nSPS) is 12.0. The predicted octanol–water partition coefficient (Wildman–Crippen LogP) is 5.17. The molecule has 3 aromatic rings. The highest BCUT2D eigenvalue weighted by molar-refractivity contribution is 7.99. The topological polar surface area (TPSA) is 26.3 Å². The van der Waals surface area contributed by atoms with Crippen molar-refractivity contribution in [1.82, 2.24) is 0 Å². The second kappa shape index (κ2) is 5.35. The lowest BCUT2D eigenvalue weighted by molar-refractivity contribution is 0.103. The smallest absolute Gasteiger partial charge is 0.193 e. The summed E-state index contributed by atoms with van der Waals surface area (Å²) in [5.41, 5.74) is 1.33. The molecule has 0 amide bonds. The van der Waals surface area contributed by atoms with Gasteiger partial charge in [-0.3, -0.25) is 4.79 Å². The number of carbonyl (C=O) groups is 1. The molecule has 3 aromatic carbocycles. The van der Waals surface area contributed by atoms with Crippen LogP contribution in [-0.4, -0.2) is 5.78 Å². The molecule has 0 radical (unpaired) electrons. The Kier molecular flexibility index (Phi) is 3.20. The van der Waals surface area contributed by atoms with Gasteiger partial charge < -0.3 is 4.74 Å². The lowest BCUT2D eigenvalue weighted by Gasteiger charge is -2.19. The van der Waals surface area contributed by atoms with Gasteiger partial charge in [0.05, 0.1) is 9.79 Å². The molecule has 4 rings (SSSR count). The quantitative estimate of drug-likeness (QED) is 0.478. The fourth-order valence-electron chi connectivity index (χ4n) is 2.43. The molecular formula is C19H12O2S. The molecule has 1 heterocycles. The van der Waals surface area contributed by atoms with Crippen LogP contribution in [-0.2, 0) is 0 Å². The first-order valence-corrected chi connectivity index (χ1v) is 7.81. The summed E-state index contributed by atoms with van der Waals surface area (Å²) in [5.74, 6) is 1.59. The summed E-state index contributed by atoms with van der Waals surface area (Å²) in [6, 6.07) is 22.8. The number of rotatable bonds is 2. The van der Waals surface area contributed by atoms with Gasteiger partial charge in [-0.25, -0.2) is 0 Å². The zero-order chi connectivity index (χ0) is 14.9. The van der Waals surface area contributed by atoms with Gasteiger partial charge in [-0.15, -0.1) is 0 Å². The van der Waals surface area contributed by atoms with E-state index in [9.17, 15) is 4.79 Å². The summed E-state index contributed by atoms with van der Waals surface area (Å²) < 4.78 is 5.93. The van der Waals surface area contributed by atoms with Gasteiger partial charge >= 0.3 is 0 Å². The second-order valence-electron chi connectivity index (χ2n) is 5.01. The van der Waals surface area contributed by atoms with E-state index in [4.69, 9.17) is 4.74 Å². The van der Waals surface area contributed by atoms with E-state index in [0.717, 1.165) is 21.3 Å². The molecule has 0 atom stereocenters. The first kappa shape index (κ1) is 13.2. The Bertz CT molecular complexity index is 856. The van der Waals surface area contributed by atoms with Crippen molar-refractivity contribution in [2.75, 3.05) is 0 Å². The maximum absolute atomic E-state index is 12.5. The molecule has 0 aliphatic carbocycles. The Hall–Kier alpha value is -2.52. The van der Waals surface area contributed by atoms with E-state index in [0.29, 0.717) is 11.1 Å². The number of hydrogen-bond donors (Lipinski definition) is 0. The summed E-state index contributed by atoms with van der Waals surface area (Å²) >= 11 is 1.66. The van der Waals surface area contributed by atoms with Crippen LogP contribution in [0.2, 0.25) is 0 Å². The molecule has 0 unspecified atom stereocenters. The Morgan fingerprint density at radius 2 is 1.45 bits per heavy atom. The Morgan fingerprint density at radius 1 is 0.727 bits per heavy atom. The molecule has 0 spiro atoms. The van der Waals surface area contributed by atoms with Crippen LogP contribution in [0.25, 0.3) is 0 Å². The summed E-state index contributed by atoms with van der Waals surface area (Å²) in [6.45, 7) is 0. The SMILES string of the molecule is O=C(c1ccccc1)c1ccc2c(c1)Oc1ccccc1S2. The average molecular weight is 304 g/mol. The van der Waals surface area contributed by atoms with Crippen molar-refractivity contribution in [3.8, 4) is 11.5 Å².